The van der Waals surface area contributed by atoms with E-state index in [9.17, 15) is 9.59 Å². The Morgan fingerprint density at radius 2 is 1.93 bits per heavy atom. The first-order chi connectivity index (χ1) is 13.6. The van der Waals surface area contributed by atoms with E-state index in [2.05, 4.69) is 10.3 Å². The average molecular weight is 391 g/mol. The molecule has 6 nitrogen and oxygen atoms in total. The highest BCUT2D eigenvalue weighted by molar-refractivity contribution is 7.14. The third-order valence-corrected chi connectivity index (χ3v) is 5.09. The molecular weight excluding hydrogens is 374 g/mol. The number of nitrogens with zero attached hydrogens (tertiary/aromatic N) is 2. The SMILES string of the molecule is COc1ccc(-c2csc(NC(=O)Cn3ccc(=O)c4ccccc43)n2)cc1. The highest BCUT2D eigenvalue weighted by Crippen LogP contribution is 2.26. The number of nitrogens with one attached hydrogen (secondary N) is 1. The first kappa shape index (κ1) is 17.9. The van der Waals surface area contributed by atoms with Gasteiger partial charge in [-0.05, 0) is 36.4 Å². The maximum atomic E-state index is 12.5. The second-order valence-corrected chi connectivity index (χ2v) is 7.00. The summed E-state index contributed by atoms with van der Waals surface area (Å²) in [6.07, 6.45) is 1.63. The van der Waals surface area contributed by atoms with Crippen LogP contribution in [0, 0.1) is 0 Å². The molecule has 1 N–H and O–H groups in total. The van der Waals surface area contributed by atoms with Crippen molar-refractivity contribution in [2.75, 3.05) is 12.4 Å². The number of pyridine rings is 1. The molecule has 4 rings (SSSR count). The molecule has 0 aliphatic carbocycles. The Kier molecular flexibility index (Phi) is 4.90. The molecule has 140 valence electrons. The van der Waals surface area contributed by atoms with E-state index in [0.717, 1.165) is 22.5 Å². The Balaban J connectivity index is 1.50. The number of para-hydroxylation sites is 1. The minimum Gasteiger partial charge on any atom is -0.497 e. The molecule has 1 amide bonds. The lowest BCUT2D eigenvalue weighted by atomic mass is 10.2. The lowest BCUT2D eigenvalue weighted by Gasteiger charge is -2.09. The van der Waals surface area contributed by atoms with Crippen molar-refractivity contribution < 1.29 is 9.53 Å². The lowest BCUT2D eigenvalue weighted by Crippen LogP contribution is -2.20. The fourth-order valence-electron chi connectivity index (χ4n) is 2.94. The summed E-state index contributed by atoms with van der Waals surface area (Å²) in [5, 5.41) is 5.84. The van der Waals surface area contributed by atoms with Gasteiger partial charge in [0.05, 0.1) is 18.3 Å². The normalized spacial score (nSPS) is 10.8. The first-order valence-electron chi connectivity index (χ1n) is 8.62. The zero-order chi connectivity index (χ0) is 19.5. The topological polar surface area (TPSA) is 73.2 Å². The Morgan fingerprint density at radius 1 is 1.14 bits per heavy atom. The molecule has 2 aromatic carbocycles. The molecule has 0 fully saturated rings. The summed E-state index contributed by atoms with van der Waals surface area (Å²) in [6.45, 7) is 0.0955. The van der Waals surface area contributed by atoms with E-state index in [-0.39, 0.29) is 17.9 Å². The van der Waals surface area contributed by atoms with Crippen LogP contribution in [0.25, 0.3) is 22.2 Å². The van der Waals surface area contributed by atoms with Crippen molar-refractivity contribution in [3.63, 3.8) is 0 Å². The third-order valence-electron chi connectivity index (χ3n) is 4.34. The number of ether oxygens (including phenoxy) is 1. The number of amides is 1. The molecule has 0 bridgehead atoms. The van der Waals surface area contributed by atoms with Crippen molar-refractivity contribution in [3.05, 3.63) is 76.4 Å². The quantitative estimate of drug-likeness (QED) is 0.562. The van der Waals surface area contributed by atoms with Crippen LogP contribution in [0.3, 0.4) is 0 Å². The summed E-state index contributed by atoms with van der Waals surface area (Å²) in [6, 6.07) is 16.3. The van der Waals surface area contributed by atoms with Crippen LogP contribution in [0.5, 0.6) is 5.75 Å². The van der Waals surface area contributed by atoms with Crippen molar-refractivity contribution >= 4 is 33.3 Å². The van der Waals surface area contributed by atoms with Crippen LogP contribution in [0.2, 0.25) is 0 Å². The van der Waals surface area contributed by atoms with Gasteiger partial charge in [-0.3, -0.25) is 9.59 Å². The predicted octanol–water partition coefficient (Wildman–Crippen LogP) is 3.77. The molecule has 0 saturated heterocycles. The Morgan fingerprint density at radius 3 is 2.71 bits per heavy atom. The highest BCUT2D eigenvalue weighted by Gasteiger charge is 2.10. The second-order valence-electron chi connectivity index (χ2n) is 6.14. The summed E-state index contributed by atoms with van der Waals surface area (Å²) in [7, 11) is 1.62. The summed E-state index contributed by atoms with van der Waals surface area (Å²) in [5.41, 5.74) is 2.40. The van der Waals surface area contributed by atoms with Crippen molar-refractivity contribution in [1.29, 1.82) is 0 Å². The molecule has 0 aliphatic heterocycles. The number of carbonyl (C=O) groups is 1. The van der Waals surface area contributed by atoms with E-state index in [1.807, 2.05) is 47.8 Å². The summed E-state index contributed by atoms with van der Waals surface area (Å²) in [5.74, 6) is 0.574. The summed E-state index contributed by atoms with van der Waals surface area (Å²) < 4.78 is 6.91. The van der Waals surface area contributed by atoms with E-state index >= 15 is 0 Å². The lowest BCUT2D eigenvalue weighted by molar-refractivity contribution is -0.116. The number of fused-ring (bicyclic) bond motifs is 1. The van der Waals surface area contributed by atoms with Gasteiger partial charge in [0.2, 0.25) is 5.91 Å². The molecule has 0 unspecified atom stereocenters. The molecule has 4 aromatic rings. The van der Waals surface area contributed by atoms with E-state index in [0.29, 0.717) is 10.5 Å². The number of aromatic nitrogens is 2. The van der Waals surface area contributed by atoms with Gasteiger partial charge in [-0.2, -0.15) is 0 Å². The zero-order valence-corrected chi connectivity index (χ0v) is 15.9. The van der Waals surface area contributed by atoms with Crippen LogP contribution in [0.15, 0.2) is 71.0 Å². The van der Waals surface area contributed by atoms with Crippen LogP contribution < -0.4 is 15.5 Å². The van der Waals surface area contributed by atoms with Gasteiger partial charge in [-0.15, -0.1) is 11.3 Å². The molecular formula is C21H17N3O3S. The molecule has 0 atom stereocenters. The smallest absolute Gasteiger partial charge is 0.246 e. The number of rotatable bonds is 5. The highest BCUT2D eigenvalue weighted by atomic mass is 32.1. The van der Waals surface area contributed by atoms with Crippen molar-refractivity contribution in [3.8, 4) is 17.0 Å². The van der Waals surface area contributed by atoms with Gasteiger partial charge in [0.1, 0.15) is 12.3 Å². The average Bonchev–Trinajstić information content (AvgIpc) is 3.19. The summed E-state index contributed by atoms with van der Waals surface area (Å²) >= 11 is 1.37. The van der Waals surface area contributed by atoms with Crippen molar-refractivity contribution in [2.45, 2.75) is 6.54 Å². The molecule has 2 heterocycles. The first-order valence-corrected chi connectivity index (χ1v) is 9.50. The monoisotopic (exact) mass is 391 g/mol. The van der Waals surface area contributed by atoms with Crippen LogP contribution in [-0.4, -0.2) is 22.6 Å². The van der Waals surface area contributed by atoms with Gasteiger partial charge in [0.25, 0.3) is 0 Å². The Hall–Kier alpha value is -3.45. The fraction of sp³-hybridized carbons (Fsp3) is 0.0952. The number of methoxy groups -OCH3 is 1. The van der Waals surface area contributed by atoms with Crippen LogP contribution >= 0.6 is 11.3 Å². The Labute approximate surface area is 165 Å². The Bertz CT molecular complexity index is 1200. The van der Waals surface area contributed by atoms with E-state index in [1.54, 1.807) is 23.9 Å². The van der Waals surface area contributed by atoms with Crippen molar-refractivity contribution in [1.82, 2.24) is 9.55 Å². The molecule has 0 spiro atoms. The van der Waals surface area contributed by atoms with E-state index in [4.69, 9.17) is 4.74 Å². The van der Waals surface area contributed by atoms with E-state index in [1.165, 1.54) is 17.4 Å². The minimum atomic E-state index is -0.204. The number of hydrogen-bond donors (Lipinski definition) is 1. The van der Waals surface area contributed by atoms with Gasteiger partial charge < -0.3 is 14.6 Å². The number of anilines is 1. The largest absolute Gasteiger partial charge is 0.497 e. The van der Waals surface area contributed by atoms with Gasteiger partial charge >= 0.3 is 0 Å². The molecule has 7 heteroatoms. The molecule has 0 radical (unpaired) electrons. The molecule has 0 aliphatic rings. The van der Waals surface area contributed by atoms with Crippen molar-refractivity contribution in [2.24, 2.45) is 0 Å². The number of benzene rings is 2. The van der Waals surface area contributed by atoms with Gasteiger partial charge in [-0.25, -0.2) is 4.98 Å². The molecule has 0 saturated carbocycles. The fourth-order valence-corrected chi connectivity index (χ4v) is 3.67. The number of hydrogen-bond acceptors (Lipinski definition) is 5. The zero-order valence-electron chi connectivity index (χ0n) is 15.1. The predicted molar refractivity (Wildman–Crippen MR) is 111 cm³/mol. The van der Waals surface area contributed by atoms with Crippen LogP contribution in [-0.2, 0) is 11.3 Å². The number of thiazole rings is 1. The summed E-state index contributed by atoms with van der Waals surface area (Å²) in [4.78, 5) is 28.9. The second kappa shape index (κ2) is 7.66. The van der Waals surface area contributed by atoms with Crippen LogP contribution in [0.4, 0.5) is 5.13 Å². The van der Waals surface area contributed by atoms with Gasteiger partial charge in [-0.1, -0.05) is 12.1 Å². The molecule has 2 aromatic heterocycles. The third kappa shape index (κ3) is 3.65. The maximum absolute atomic E-state index is 12.5. The molecule has 28 heavy (non-hydrogen) atoms. The van der Waals surface area contributed by atoms with Gasteiger partial charge in [0.15, 0.2) is 10.6 Å². The van der Waals surface area contributed by atoms with Crippen LogP contribution in [0.1, 0.15) is 0 Å². The standard InChI is InChI=1S/C21H17N3O3S/c1-27-15-8-6-14(7-9-15)17-13-28-21(22-17)23-20(26)12-24-11-10-19(25)16-4-2-3-5-18(16)24/h2-11,13H,12H2,1H3,(H,22,23,26). The van der Waals surface area contributed by atoms with E-state index < -0.39 is 0 Å². The number of carbonyl (C=O) groups excluding carboxylic acids is 1. The maximum Gasteiger partial charge on any atom is 0.246 e. The van der Waals surface area contributed by atoms with Gasteiger partial charge in [0, 0.05) is 28.6 Å². The minimum absolute atomic E-state index is 0.0590.